The number of nitrogens with one attached hydrogen (secondary N) is 1. The van der Waals surface area contributed by atoms with Crippen molar-refractivity contribution in [3.8, 4) is 0 Å². The summed E-state index contributed by atoms with van der Waals surface area (Å²) in [4.78, 5) is 6.66. The summed E-state index contributed by atoms with van der Waals surface area (Å²) in [6, 6.07) is 14.7. The van der Waals surface area contributed by atoms with Gasteiger partial charge in [-0.2, -0.15) is 0 Å². The van der Waals surface area contributed by atoms with Gasteiger partial charge in [-0.3, -0.25) is 4.98 Å². The summed E-state index contributed by atoms with van der Waals surface area (Å²) in [5.74, 6) is 0. The van der Waals surface area contributed by atoms with Crippen LogP contribution in [-0.4, -0.2) is 21.5 Å². The molecule has 0 saturated heterocycles. The van der Waals surface area contributed by atoms with Gasteiger partial charge >= 0.3 is 0 Å². The van der Waals surface area contributed by atoms with E-state index < -0.39 is 0 Å². The van der Waals surface area contributed by atoms with Gasteiger partial charge in [-0.05, 0) is 43.3 Å². The first kappa shape index (κ1) is 20.4. The fraction of sp³-hybridized carbons (Fsp3) is 0.455. The zero-order chi connectivity index (χ0) is 18.6. The SMILES string of the molecule is CCCCCCCNC(=S)N(Cc1ccc(C)cc1)Cc1ccccn1. The third kappa shape index (κ3) is 7.52. The molecule has 0 radical (unpaired) electrons. The molecule has 140 valence electrons. The number of nitrogens with zero attached hydrogens (tertiary/aromatic N) is 2. The van der Waals surface area contributed by atoms with Gasteiger partial charge in [0, 0.05) is 19.3 Å². The van der Waals surface area contributed by atoms with Crippen molar-refractivity contribution in [3.05, 3.63) is 65.5 Å². The average molecular weight is 370 g/mol. The quantitative estimate of drug-likeness (QED) is 0.458. The van der Waals surface area contributed by atoms with E-state index >= 15 is 0 Å². The minimum Gasteiger partial charge on any atom is -0.363 e. The van der Waals surface area contributed by atoms with Gasteiger partial charge in [0.1, 0.15) is 0 Å². The number of pyridine rings is 1. The average Bonchev–Trinajstić information content (AvgIpc) is 2.66. The standard InChI is InChI=1S/C22H31N3S/c1-3-4-5-6-8-16-24-22(26)25(18-21-10-7-9-15-23-21)17-20-13-11-19(2)12-14-20/h7,9-15H,3-6,8,16-18H2,1-2H3,(H,24,26). The highest BCUT2D eigenvalue weighted by atomic mass is 32.1. The molecule has 1 aromatic carbocycles. The van der Waals surface area contributed by atoms with Crippen LogP contribution in [0.2, 0.25) is 0 Å². The van der Waals surface area contributed by atoms with Crippen LogP contribution < -0.4 is 5.32 Å². The van der Waals surface area contributed by atoms with Crippen LogP contribution in [0.3, 0.4) is 0 Å². The summed E-state index contributed by atoms with van der Waals surface area (Å²) in [5.41, 5.74) is 3.57. The van der Waals surface area contributed by atoms with Gasteiger partial charge in [0.25, 0.3) is 0 Å². The van der Waals surface area contributed by atoms with E-state index in [-0.39, 0.29) is 0 Å². The fourth-order valence-corrected chi connectivity index (χ4v) is 3.07. The first-order valence-electron chi connectivity index (χ1n) is 9.67. The summed E-state index contributed by atoms with van der Waals surface area (Å²) in [6.45, 7) is 6.80. The van der Waals surface area contributed by atoms with Crippen molar-refractivity contribution in [3.63, 3.8) is 0 Å². The molecular weight excluding hydrogens is 338 g/mol. The molecule has 0 fully saturated rings. The van der Waals surface area contributed by atoms with E-state index in [0.29, 0.717) is 0 Å². The maximum atomic E-state index is 5.69. The lowest BCUT2D eigenvalue weighted by Crippen LogP contribution is -2.39. The molecule has 0 aliphatic rings. The Labute approximate surface area is 163 Å². The monoisotopic (exact) mass is 369 g/mol. The lowest BCUT2D eigenvalue weighted by molar-refractivity contribution is 0.393. The highest BCUT2D eigenvalue weighted by Crippen LogP contribution is 2.11. The first-order valence-corrected chi connectivity index (χ1v) is 10.1. The second-order valence-electron chi connectivity index (χ2n) is 6.81. The van der Waals surface area contributed by atoms with Crippen molar-refractivity contribution >= 4 is 17.3 Å². The van der Waals surface area contributed by atoms with Crippen LogP contribution in [0.15, 0.2) is 48.7 Å². The molecule has 0 aliphatic heterocycles. The van der Waals surface area contributed by atoms with Crippen molar-refractivity contribution < 1.29 is 0 Å². The van der Waals surface area contributed by atoms with Gasteiger partial charge in [0.05, 0.1) is 12.2 Å². The summed E-state index contributed by atoms with van der Waals surface area (Å²) in [6.07, 6.45) is 8.18. The minimum atomic E-state index is 0.719. The van der Waals surface area contributed by atoms with Crippen LogP contribution in [0, 0.1) is 6.92 Å². The summed E-state index contributed by atoms with van der Waals surface area (Å²) in [5, 5.41) is 4.25. The molecule has 0 unspecified atom stereocenters. The number of aryl methyl sites for hydroxylation is 1. The zero-order valence-electron chi connectivity index (χ0n) is 16.1. The molecule has 1 aromatic heterocycles. The van der Waals surface area contributed by atoms with Gasteiger partial charge < -0.3 is 10.2 Å². The Kier molecular flexibility index (Phi) is 9.11. The maximum absolute atomic E-state index is 5.69. The molecule has 0 bridgehead atoms. The second-order valence-corrected chi connectivity index (χ2v) is 7.20. The molecule has 2 rings (SSSR count). The summed E-state index contributed by atoms with van der Waals surface area (Å²) >= 11 is 5.69. The molecule has 0 saturated carbocycles. The van der Waals surface area contributed by atoms with Crippen molar-refractivity contribution in [2.45, 2.75) is 59.0 Å². The van der Waals surface area contributed by atoms with Crippen molar-refractivity contribution in [2.24, 2.45) is 0 Å². The van der Waals surface area contributed by atoms with Crippen LogP contribution in [0.1, 0.15) is 55.8 Å². The van der Waals surface area contributed by atoms with E-state index in [1.54, 1.807) is 0 Å². The Morgan fingerprint density at radius 3 is 2.46 bits per heavy atom. The number of hydrogen-bond donors (Lipinski definition) is 1. The van der Waals surface area contributed by atoms with E-state index in [0.717, 1.165) is 30.4 Å². The van der Waals surface area contributed by atoms with Gasteiger partial charge in [-0.15, -0.1) is 0 Å². The first-order chi connectivity index (χ1) is 12.7. The van der Waals surface area contributed by atoms with Crippen molar-refractivity contribution in [2.75, 3.05) is 6.54 Å². The number of unbranched alkanes of at least 4 members (excludes halogenated alkanes) is 4. The zero-order valence-corrected chi connectivity index (χ0v) is 16.9. The van der Waals surface area contributed by atoms with Gasteiger partial charge in [-0.1, -0.05) is 68.5 Å². The number of thiocarbonyl (C=S) groups is 1. The van der Waals surface area contributed by atoms with Crippen LogP contribution >= 0.6 is 12.2 Å². The lowest BCUT2D eigenvalue weighted by atomic mass is 10.1. The minimum absolute atomic E-state index is 0.719. The number of aromatic nitrogens is 1. The Morgan fingerprint density at radius 1 is 1.00 bits per heavy atom. The van der Waals surface area contributed by atoms with E-state index in [1.165, 1.54) is 43.2 Å². The van der Waals surface area contributed by atoms with Crippen molar-refractivity contribution in [1.29, 1.82) is 0 Å². The van der Waals surface area contributed by atoms with Crippen LogP contribution in [0.25, 0.3) is 0 Å². The normalized spacial score (nSPS) is 10.5. The van der Waals surface area contributed by atoms with Gasteiger partial charge in [0.15, 0.2) is 5.11 Å². The highest BCUT2D eigenvalue weighted by Gasteiger charge is 2.11. The third-order valence-electron chi connectivity index (χ3n) is 4.42. The Bertz CT molecular complexity index is 640. The molecule has 0 spiro atoms. The fourth-order valence-electron chi connectivity index (χ4n) is 2.84. The van der Waals surface area contributed by atoms with Gasteiger partial charge in [0.2, 0.25) is 0 Å². The summed E-state index contributed by atoms with van der Waals surface area (Å²) < 4.78 is 0. The van der Waals surface area contributed by atoms with E-state index in [1.807, 2.05) is 18.3 Å². The van der Waals surface area contributed by atoms with Crippen molar-refractivity contribution in [1.82, 2.24) is 15.2 Å². The smallest absolute Gasteiger partial charge is 0.169 e. The number of benzene rings is 1. The van der Waals surface area contributed by atoms with Gasteiger partial charge in [-0.25, -0.2) is 0 Å². The largest absolute Gasteiger partial charge is 0.363 e. The predicted molar refractivity (Wildman–Crippen MR) is 114 cm³/mol. The topological polar surface area (TPSA) is 28.2 Å². The highest BCUT2D eigenvalue weighted by molar-refractivity contribution is 7.80. The number of hydrogen-bond acceptors (Lipinski definition) is 2. The molecule has 26 heavy (non-hydrogen) atoms. The van der Waals surface area contributed by atoms with E-state index in [4.69, 9.17) is 12.2 Å². The van der Waals surface area contributed by atoms with Crippen LogP contribution in [0.5, 0.6) is 0 Å². The summed E-state index contributed by atoms with van der Waals surface area (Å²) in [7, 11) is 0. The molecule has 2 aromatic rings. The lowest BCUT2D eigenvalue weighted by Gasteiger charge is -2.26. The van der Waals surface area contributed by atoms with E-state index in [9.17, 15) is 0 Å². The molecule has 1 N–H and O–H groups in total. The Balaban J connectivity index is 1.93. The molecule has 4 heteroatoms. The molecule has 0 atom stereocenters. The maximum Gasteiger partial charge on any atom is 0.169 e. The molecule has 1 heterocycles. The van der Waals surface area contributed by atoms with E-state index in [2.05, 4.69) is 59.4 Å². The predicted octanol–water partition coefficient (Wildman–Crippen LogP) is 5.24. The molecule has 0 aliphatic carbocycles. The van der Waals surface area contributed by atoms with Crippen LogP contribution in [-0.2, 0) is 13.1 Å². The Hall–Kier alpha value is -1.94. The Morgan fingerprint density at radius 2 is 1.77 bits per heavy atom. The third-order valence-corrected chi connectivity index (χ3v) is 4.82. The molecular formula is C22H31N3S. The molecule has 0 amide bonds. The second kappa shape index (κ2) is 11.6. The molecule has 3 nitrogen and oxygen atoms in total. The van der Waals surface area contributed by atoms with Crippen LogP contribution in [0.4, 0.5) is 0 Å². The number of rotatable bonds is 10.